The van der Waals surface area contributed by atoms with Gasteiger partial charge in [-0.25, -0.2) is 13.6 Å². The van der Waals surface area contributed by atoms with Gasteiger partial charge in [0.1, 0.15) is 34.5 Å². The molecule has 0 spiro atoms. The average molecular weight is 565 g/mol. The number of carboxylic acid groups (broad SMARTS) is 1. The molecular formula is C28H25F5N2O5. The van der Waals surface area contributed by atoms with Crippen molar-refractivity contribution in [3.8, 4) is 17.0 Å². The Hall–Kier alpha value is -3.67. The second-order valence-electron chi connectivity index (χ2n) is 10.5. The third kappa shape index (κ3) is 5.12. The van der Waals surface area contributed by atoms with E-state index in [2.05, 4.69) is 9.89 Å². The van der Waals surface area contributed by atoms with Crippen LogP contribution in [0, 0.1) is 11.6 Å². The van der Waals surface area contributed by atoms with Crippen LogP contribution in [0.1, 0.15) is 66.1 Å². The molecule has 1 aromatic heterocycles. The van der Waals surface area contributed by atoms with Gasteiger partial charge in [0.25, 0.3) is 0 Å². The van der Waals surface area contributed by atoms with Crippen LogP contribution in [0.15, 0.2) is 40.9 Å². The highest BCUT2D eigenvalue weighted by Gasteiger charge is 2.44. The third-order valence-electron chi connectivity index (χ3n) is 7.81. The third-order valence-corrected chi connectivity index (χ3v) is 7.81. The Morgan fingerprint density at radius 2 is 1.70 bits per heavy atom. The zero-order valence-corrected chi connectivity index (χ0v) is 21.1. The van der Waals surface area contributed by atoms with E-state index in [0.29, 0.717) is 37.0 Å². The molecule has 212 valence electrons. The number of carboxylic acids is 1. The Labute approximate surface area is 225 Å². The van der Waals surface area contributed by atoms with Gasteiger partial charge in [-0.05, 0) is 62.8 Å². The van der Waals surface area contributed by atoms with E-state index in [0.717, 1.165) is 25.0 Å². The number of carbonyl (C=O) groups is 1. The molecule has 1 unspecified atom stereocenters. The van der Waals surface area contributed by atoms with Gasteiger partial charge in [0.2, 0.25) is 0 Å². The summed E-state index contributed by atoms with van der Waals surface area (Å²) in [5.74, 6) is -2.94. The monoisotopic (exact) mass is 564 g/mol. The first-order valence-electron chi connectivity index (χ1n) is 13.0. The molecule has 2 bridgehead atoms. The molecule has 6 rings (SSSR count). The molecule has 1 aliphatic carbocycles. The van der Waals surface area contributed by atoms with E-state index in [1.54, 1.807) is 11.0 Å². The van der Waals surface area contributed by atoms with Gasteiger partial charge in [-0.15, -0.1) is 13.2 Å². The summed E-state index contributed by atoms with van der Waals surface area (Å²) >= 11 is 0. The van der Waals surface area contributed by atoms with Crippen LogP contribution in [-0.2, 0) is 11.3 Å². The van der Waals surface area contributed by atoms with Crippen molar-refractivity contribution in [3.05, 3.63) is 64.9 Å². The Kier molecular flexibility index (Phi) is 6.68. The highest BCUT2D eigenvalue weighted by molar-refractivity contribution is 5.88. The number of halogens is 5. The molecule has 2 aliphatic heterocycles. The summed E-state index contributed by atoms with van der Waals surface area (Å²) in [4.78, 5) is 12.9. The molecule has 3 atom stereocenters. The number of para-hydroxylation sites is 1. The summed E-state index contributed by atoms with van der Waals surface area (Å²) in [6, 6.07) is 6.95. The van der Waals surface area contributed by atoms with E-state index >= 15 is 0 Å². The summed E-state index contributed by atoms with van der Waals surface area (Å²) in [7, 11) is 0. The Bertz CT molecular complexity index is 1400. The van der Waals surface area contributed by atoms with Gasteiger partial charge in [-0.3, -0.25) is 0 Å². The molecule has 12 heteroatoms. The van der Waals surface area contributed by atoms with Crippen LogP contribution >= 0.6 is 0 Å². The lowest BCUT2D eigenvalue weighted by Gasteiger charge is -2.40. The van der Waals surface area contributed by atoms with Crippen LogP contribution in [0.5, 0.6) is 5.75 Å². The fourth-order valence-corrected chi connectivity index (χ4v) is 5.98. The molecule has 3 aliphatic rings. The van der Waals surface area contributed by atoms with Crippen molar-refractivity contribution in [1.82, 2.24) is 5.16 Å². The van der Waals surface area contributed by atoms with Crippen molar-refractivity contribution in [1.29, 1.82) is 0 Å². The van der Waals surface area contributed by atoms with E-state index in [1.807, 2.05) is 0 Å². The summed E-state index contributed by atoms with van der Waals surface area (Å²) in [5.41, 5.74) is 0.249. The fraction of sp³-hybridized carbons (Fsp3) is 0.429. The number of hydrogen-bond donors (Lipinski definition) is 1. The molecular weight excluding hydrogens is 539 g/mol. The van der Waals surface area contributed by atoms with Crippen LogP contribution < -0.4 is 9.64 Å². The predicted octanol–water partition coefficient (Wildman–Crippen LogP) is 6.81. The van der Waals surface area contributed by atoms with Crippen LogP contribution in [0.2, 0.25) is 0 Å². The summed E-state index contributed by atoms with van der Waals surface area (Å²) in [6.07, 6.45) is -1.06. The zero-order valence-electron chi connectivity index (χ0n) is 21.1. The number of nitrogens with zero attached hydrogens (tertiary/aromatic N) is 2. The quantitative estimate of drug-likeness (QED) is 0.301. The largest absolute Gasteiger partial charge is 0.573 e. The number of piperidine rings is 1. The molecule has 3 fully saturated rings. The summed E-state index contributed by atoms with van der Waals surface area (Å²) in [5, 5.41) is 13.2. The number of hydrogen-bond acceptors (Lipinski definition) is 6. The first-order valence-corrected chi connectivity index (χ1v) is 13.0. The molecule has 1 saturated carbocycles. The molecule has 0 amide bonds. The highest BCUT2D eigenvalue weighted by atomic mass is 19.4. The number of fused-ring (bicyclic) bond motifs is 2. The van der Waals surface area contributed by atoms with Crippen molar-refractivity contribution >= 4 is 11.7 Å². The second-order valence-corrected chi connectivity index (χ2v) is 10.5. The molecule has 0 radical (unpaired) electrons. The number of aromatic nitrogens is 1. The topological polar surface area (TPSA) is 85.0 Å². The lowest BCUT2D eigenvalue weighted by atomic mass is 9.97. The second kappa shape index (κ2) is 10.1. The van der Waals surface area contributed by atoms with E-state index in [1.165, 1.54) is 18.2 Å². The SMILES string of the molecule is O=C(O)c1cc(F)c(N2[C@@H]3CC[C@H]2CC(OCc2c(-c4ccccc4OC(F)(F)F)noc2C2CC2)C3)c(F)c1. The number of rotatable bonds is 8. The molecule has 2 saturated heterocycles. The summed E-state index contributed by atoms with van der Waals surface area (Å²) < 4.78 is 84.9. The predicted molar refractivity (Wildman–Crippen MR) is 131 cm³/mol. The first-order chi connectivity index (χ1) is 19.1. The number of benzene rings is 2. The zero-order chi connectivity index (χ0) is 28.2. The van der Waals surface area contributed by atoms with Crippen molar-refractivity contribution in [2.75, 3.05) is 4.90 Å². The number of anilines is 1. The standard InChI is InChI=1S/C28H25F5N2O5/c29-21-9-15(27(36)37)10-22(30)25(21)35-16-7-8-17(35)12-18(11-16)38-13-20-24(34-40-26(20)14-5-6-14)19-3-1-2-4-23(19)39-28(31,32)33/h1-4,9-10,14,16-18H,5-8,11-13H2,(H,36,37)/t16-,17+,18?. The van der Waals surface area contributed by atoms with E-state index in [-0.39, 0.29) is 47.7 Å². The maximum atomic E-state index is 14.9. The molecule has 3 heterocycles. The minimum atomic E-state index is -4.88. The van der Waals surface area contributed by atoms with Gasteiger partial charge in [-0.1, -0.05) is 17.3 Å². The van der Waals surface area contributed by atoms with Crippen molar-refractivity contribution in [3.63, 3.8) is 0 Å². The number of aromatic carboxylic acids is 1. The van der Waals surface area contributed by atoms with Crippen LogP contribution in [0.4, 0.5) is 27.6 Å². The van der Waals surface area contributed by atoms with Gasteiger partial charge >= 0.3 is 12.3 Å². The van der Waals surface area contributed by atoms with E-state index < -0.39 is 35.3 Å². The molecule has 2 aromatic carbocycles. The Morgan fingerprint density at radius 1 is 1.05 bits per heavy atom. The molecule has 7 nitrogen and oxygen atoms in total. The lowest BCUT2D eigenvalue weighted by molar-refractivity contribution is -0.274. The maximum absolute atomic E-state index is 14.9. The van der Waals surface area contributed by atoms with Gasteiger partial charge in [0.15, 0.2) is 0 Å². The van der Waals surface area contributed by atoms with Crippen LogP contribution in [0.3, 0.4) is 0 Å². The fourth-order valence-electron chi connectivity index (χ4n) is 5.98. The Balaban J connectivity index is 1.22. The van der Waals surface area contributed by atoms with E-state index in [9.17, 15) is 26.7 Å². The van der Waals surface area contributed by atoms with Gasteiger partial charge in [0.05, 0.1) is 18.3 Å². The molecule has 3 aromatic rings. The van der Waals surface area contributed by atoms with Gasteiger partial charge in [-0.2, -0.15) is 0 Å². The minimum Gasteiger partial charge on any atom is -0.478 e. The average Bonchev–Trinajstić information content (AvgIpc) is 3.59. The molecule has 1 N–H and O–H groups in total. The van der Waals surface area contributed by atoms with E-state index in [4.69, 9.17) is 14.4 Å². The smallest absolute Gasteiger partial charge is 0.478 e. The van der Waals surface area contributed by atoms with Crippen molar-refractivity contribution < 1.29 is 45.8 Å². The highest BCUT2D eigenvalue weighted by Crippen LogP contribution is 2.47. The van der Waals surface area contributed by atoms with Crippen molar-refractivity contribution in [2.24, 2.45) is 0 Å². The van der Waals surface area contributed by atoms with Gasteiger partial charge < -0.3 is 24.0 Å². The maximum Gasteiger partial charge on any atom is 0.573 e. The Morgan fingerprint density at radius 3 is 2.30 bits per heavy atom. The summed E-state index contributed by atoms with van der Waals surface area (Å²) in [6.45, 7) is 0.0468. The van der Waals surface area contributed by atoms with Crippen molar-refractivity contribution in [2.45, 2.75) is 75.6 Å². The normalized spacial score (nSPS) is 22.5. The lowest BCUT2D eigenvalue weighted by Crippen LogP contribution is -2.46. The van der Waals surface area contributed by atoms with Crippen LogP contribution in [0.25, 0.3) is 11.3 Å². The number of alkyl halides is 3. The molecule has 40 heavy (non-hydrogen) atoms. The minimum absolute atomic E-state index is 0.0468. The van der Waals surface area contributed by atoms with Gasteiger partial charge in [0, 0.05) is 29.1 Å². The number of ether oxygens (including phenoxy) is 2. The first kappa shape index (κ1) is 26.5. The van der Waals surface area contributed by atoms with Crippen LogP contribution in [-0.4, -0.2) is 40.8 Å².